The fourth-order valence-corrected chi connectivity index (χ4v) is 3.55. The minimum atomic E-state index is 1.08. The van der Waals surface area contributed by atoms with Crippen LogP contribution in [0.4, 0.5) is 11.4 Å². The maximum absolute atomic E-state index is 2.50. The quantitative estimate of drug-likeness (QED) is 0.443. The molecule has 0 unspecified atom stereocenters. The number of hydrogen-bond acceptors (Lipinski definition) is 2. The van der Waals surface area contributed by atoms with Gasteiger partial charge in [0.15, 0.2) is 0 Å². The van der Waals surface area contributed by atoms with Crippen LogP contribution >= 0.6 is 0 Å². The van der Waals surface area contributed by atoms with Crippen molar-refractivity contribution < 1.29 is 0 Å². The number of nitrogens with zero attached hydrogens (tertiary/aromatic N) is 2. The summed E-state index contributed by atoms with van der Waals surface area (Å²) in [4.78, 5) is 5.00. The molecule has 0 fully saturated rings. The van der Waals surface area contributed by atoms with E-state index in [9.17, 15) is 0 Å². The minimum Gasteiger partial charge on any atom is -0.372 e. The van der Waals surface area contributed by atoms with Crippen molar-refractivity contribution in [1.29, 1.82) is 0 Å². The van der Waals surface area contributed by atoms with E-state index in [2.05, 4.69) is 86.0 Å². The third kappa shape index (κ3) is 6.40. The molecule has 2 heteroatoms. The molecule has 2 rings (SSSR count). The molecule has 0 aliphatic rings. The van der Waals surface area contributed by atoms with Crippen LogP contribution in [0.1, 0.15) is 50.7 Å². The summed E-state index contributed by atoms with van der Waals surface area (Å²) >= 11 is 0. The summed E-state index contributed by atoms with van der Waals surface area (Å²) in [5, 5.41) is 0. The van der Waals surface area contributed by atoms with E-state index in [-0.39, 0.29) is 0 Å². The van der Waals surface area contributed by atoms with Crippen LogP contribution in [0.25, 0.3) is 0 Å². The first-order valence-electron chi connectivity index (χ1n) is 10.3. The first-order valence-corrected chi connectivity index (χ1v) is 10.3. The van der Waals surface area contributed by atoms with E-state index < -0.39 is 0 Å². The highest BCUT2D eigenvalue weighted by atomic mass is 15.1. The van der Waals surface area contributed by atoms with Crippen LogP contribution in [0, 0.1) is 13.8 Å². The maximum Gasteiger partial charge on any atom is 0.0368 e. The summed E-state index contributed by atoms with van der Waals surface area (Å²) in [7, 11) is 0. The van der Waals surface area contributed by atoms with Gasteiger partial charge in [-0.3, -0.25) is 0 Å². The standard InChI is InChI=1S/C24H36N2/c1-5-25(23-15-11-13-21(3)19-23)17-9-7-8-10-18-26(6-2)24-16-12-14-22(4)20-24/h11-16,19-20H,5-10,17-18H2,1-4H3. The molecule has 0 aliphatic heterocycles. The Morgan fingerprint density at radius 1 is 0.615 bits per heavy atom. The van der Waals surface area contributed by atoms with Crippen molar-refractivity contribution in [3.63, 3.8) is 0 Å². The number of aryl methyl sites for hydroxylation is 2. The van der Waals surface area contributed by atoms with Gasteiger partial charge in [0, 0.05) is 37.6 Å². The summed E-state index contributed by atoms with van der Waals surface area (Å²) < 4.78 is 0. The smallest absolute Gasteiger partial charge is 0.0368 e. The zero-order valence-electron chi connectivity index (χ0n) is 17.2. The van der Waals surface area contributed by atoms with E-state index >= 15 is 0 Å². The molecule has 142 valence electrons. The molecule has 0 saturated carbocycles. The number of hydrogen-bond donors (Lipinski definition) is 0. The van der Waals surface area contributed by atoms with Crippen LogP contribution < -0.4 is 9.80 Å². The maximum atomic E-state index is 2.50. The van der Waals surface area contributed by atoms with Gasteiger partial charge in [0.25, 0.3) is 0 Å². The normalized spacial score (nSPS) is 10.8. The van der Waals surface area contributed by atoms with Crippen LogP contribution in [0.2, 0.25) is 0 Å². The van der Waals surface area contributed by atoms with Gasteiger partial charge in [0.2, 0.25) is 0 Å². The highest BCUT2D eigenvalue weighted by Gasteiger charge is 2.06. The summed E-state index contributed by atoms with van der Waals surface area (Å²) in [6.45, 7) is 13.3. The summed E-state index contributed by atoms with van der Waals surface area (Å²) in [5.74, 6) is 0. The second kappa shape index (κ2) is 10.9. The lowest BCUT2D eigenvalue weighted by Gasteiger charge is -2.24. The summed E-state index contributed by atoms with van der Waals surface area (Å²) in [6.07, 6.45) is 5.18. The number of benzene rings is 2. The molecular weight excluding hydrogens is 316 g/mol. The number of rotatable bonds is 11. The molecular formula is C24H36N2. The topological polar surface area (TPSA) is 6.48 Å². The van der Waals surface area contributed by atoms with Crippen molar-refractivity contribution in [1.82, 2.24) is 0 Å². The second-order valence-electron chi connectivity index (χ2n) is 7.25. The van der Waals surface area contributed by atoms with Gasteiger partial charge in [-0.05, 0) is 75.9 Å². The molecule has 0 aliphatic carbocycles. The van der Waals surface area contributed by atoms with Crippen molar-refractivity contribution in [2.24, 2.45) is 0 Å². The van der Waals surface area contributed by atoms with Gasteiger partial charge in [-0.25, -0.2) is 0 Å². The minimum absolute atomic E-state index is 1.08. The largest absolute Gasteiger partial charge is 0.372 e. The van der Waals surface area contributed by atoms with E-state index in [0.717, 1.165) is 26.2 Å². The first kappa shape index (κ1) is 20.4. The highest BCUT2D eigenvalue weighted by molar-refractivity contribution is 5.49. The Morgan fingerprint density at radius 3 is 1.38 bits per heavy atom. The number of anilines is 2. The zero-order chi connectivity index (χ0) is 18.8. The molecule has 2 nitrogen and oxygen atoms in total. The summed E-state index contributed by atoms with van der Waals surface area (Å²) in [6, 6.07) is 17.7. The van der Waals surface area contributed by atoms with Gasteiger partial charge >= 0.3 is 0 Å². The Hall–Kier alpha value is -1.96. The van der Waals surface area contributed by atoms with E-state index in [1.807, 2.05) is 0 Å². The average Bonchev–Trinajstić information content (AvgIpc) is 2.64. The lowest BCUT2D eigenvalue weighted by molar-refractivity contribution is 0.619. The zero-order valence-corrected chi connectivity index (χ0v) is 17.2. The molecule has 2 aromatic carbocycles. The van der Waals surface area contributed by atoms with Crippen molar-refractivity contribution in [2.75, 3.05) is 36.0 Å². The Morgan fingerprint density at radius 2 is 1.04 bits per heavy atom. The molecule has 0 radical (unpaired) electrons. The molecule has 0 spiro atoms. The molecule has 0 aromatic heterocycles. The predicted octanol–water partition coefficient (Wildman–Crippen LogP) is 6.22. The molecule has 0 atom stereocenters. The van der Waals surface area contributed by atoms with Crippen molar-refractivity contribution in [3.05, 3.63) is 59.7 Å². The molecule has 2 aromatic rings. The Kier molecular flexibility index (Phi) is 8.53. The van der Waals surface area contributed by atoms with Crippen LogP contribution in [-0.4, -0.2) is 26.2 Å². The average molecular weight is 353 g/mol. The fourth-order valence-electron chi connectivity index (χ4n) is 3.55. The third-order valence-electron chi connectivity index (χ3n) is 5.10. The molecule has 0 N–H and O–H groups in total. The Balaban J connectivity index is 1.69. The van der Waals surface area contributed by atoms with Crippen LogP contribution in [0.3, 0.4) is 0 Å². The molecule has 0 bridgehead atoms. The van der Waals surface area contributed by atoms with Crippen LogP contribution in [0.15, 0.2) is 48.5 Å². The molecule has 0 heterocycles. The molecule has 26 heavy (non-hydrogen) atoms. The van der Waals surface area contributed by atoms with Gasteiger partial charge in [-0.1, -0.05) is 37.1 Å². The van der Waals surface area contributed by atoms with Crippen molar-refractivity contribution in [3.8, 4) is 0 Å². The Labute approximate surface area is 160 Å². The number of unbranched alkanes of at least 4 members (excludes halogenated alkanes) is 3. The molecule has 0 saturated heterocycles. The fraction of sp³-hybridized carbons (Fsp3) is 0.500. The summed E-state index contributed by atoms with van der Waals surface area (Å²) in [5.41, 5.74) is 5.42. The molecule has 0 amide bonds. The van der Waals surface area contributed by atoms with Crippen LogP contribution in [0.5, 0.6) is 0 Å². The van der Waals surface area contributed by atoms with Crippen molar-refractivity contribution in [2.45, 2.75) is 53.4 Å². The Bertz CT molecular complexity index is 593. The SMILES string of the molecule is CCN(CCCCCCN(CC)c1cccc(C)c1)c1cccc(C)c1. The van der Waals surface area contributed by atoms with E-state index in [1.54, 1.807) is 0 Å². The van der Waals surface area contributed by atoms with Gasteiger partial charge < -0.3 is 9.80 Å². The van der Waals surface area contributed by atoms with E-state index in [1.165, 1.54) is 48.2 Å². The van der Waals surface area contributed by atoms with Gasteiger partial charge in [0.1, 0.15) is 0 Å². The van der Waals surface area contributed by atoms with Crippen molar-refractivity contribution >= 4 is 11.4 Å². The van der Waals surface area contributed by atoms with Gasteiger partial charge in [0.05, 0.1) is 0 Å². The van der Waals surface area contributed by atoms with Gasteiger partial charge in [-0.15, -0.1) is 0 Å². The highest BCUT2D eigenvalue weighted by Crippen LogP contribution is 2.18. The second-order valence-corrected chi connectivity index (χ2v) is 7.25. The monoisotopic (exact) mass is 352 g/mol. The predicted molar refractivity (Wildman–Crippen MR) is 117 cm³/mol. The lowest BCUT2D eigenvalue weighted by atomic mass is 10.1. The van der Waals surface area contributed by atoms with Gasteiger partial charge in [-0.2, -0.15) is 0 Å². The van der Waals surface area contributed by atoms with E-state index in [0.29, 0.717) is 0 Å². The van der Waals surface area contributed by atoms with E-state index in [4.69, 9.17) is 0 Å². The lowest BCUT2D eigenvalue weighted by Crippen LogP contribution is -2.24. The third-order valence-corrected chi connectivity index (χ3v) is 5.10. The first-order chi connectivity index (χ1) is 12.6. The van der Waals surface area contributed by atoms with Crippen LogP contribution in [-0.2, 0) is 0 Å².